The van der Waals surface area contributed by atoms with Crippen molar-refractivity contribution in [3.63, 3.8) is 0 Å². The second kappa shape index (κ2) is 7.90. The lowest BCUT2D eigenvalue weighted by molar-refractivity contribution is -0.129. The van der Waals surface area contributed by atoms with Gasteiger partial charge in [-0.25, -0.2) is 0 Å². The van der Waals surface area contributed by atoms with Gasteiger partial charge in [-0.3, -0.25) is 9.69 Å². The lowest BCUT2D eigenvalue weighted by Crippen LogP contribution is -2.47. The monoisotopic (exact) mass is 427 g/mol. The number of carbonyl (C=O) groups is 1. The number of allylic oxidation sites excluding steroid dienone is 1. The Morgan fingerprint density at radius 3 is 2.72 bits per heavy atom. The molecule has 0 spiro atoms. The van der Waals surface area contributed by atoms with E-state index in [1.54, 1.807) is 17.0 Å². The molecule has 1 atom stereocenters. The van der Waals surface area contributed by atoms with Gasteiger partial charge in [0.25, 0.3) is 0 Å². The molecular weight excluding hydrogens is 410 g/mol. The van der Waals surface area contributed by atoms with Crippen LogP contribution >= 0.6 is 23.4 Å². The number of aromatic hydroxyl groups is 1. The molecule has 1 amide bonds. The van der Waals surface area contributed by atoms with Crippen molar-refractivity contribution in [2.75, 3.05) is 24.6 Å². The van der Waals surface area contributed by atoms with E-state index in [0.717, 1.165) is 11.3 Å². The van der Waals surface area contributed by atoms with Crippen molar-refractivity contribution in [1.29, 1.82) is 5.26 Å². The Morgan fingerprint density at radius 1 is 1.28 bits per heavy atom. The highest BCUT2D eigenvalue weighted by Crippen LogP contribution is 2.44. The van der Waals surface area contributed by atoms with Gasteiger partial charge in [0.05, 0.1) is 36.3 Å². The number of carbonyl (C=O) groups excluding carboxylic acids is 1. The maximum Gasteiger partial charge on any atom is 0.229 e. The van der Waals surface area contributed by atoms with Gasteiger partial charge >= 0.3 is 0 Å². The predicted octanol–water partition coefficient (Wildman–Crippen LogP) is 4.27. The first-order valence-corrected chi connectivity index (χ1v) is 10.3. The van der Waals surface area contributed by atoms with Crippen LogP contribution in [0.2, 0.25) is 5.02 Å². The van der Waals surface area contributed by atoms with Gasteiger partial charge in [-0.2, -0.15) is 5.26 Å². The van der Waals surface area contributed by atoms with Gasteiger partial charge in [0.2, 0.25) is 5.91 Å². The van der Waals surface area contributed by atoms with Crippen LogP contribution in [0.5, 0.6) is 11.5 Å². The zero-order valence-electron chi connectivity index (χ0n) is 15.6. The molecule has 1 saturated heterocycles. The summed E-state index contributed by atoms with van der Waals surface area (Å²) in [5.74, 6) is 0.573. The summed E-state index contributed by atoms with van der Waals surface area (Å²) in [6, 6.07) is 14.7. The van der Waals surface area contributed by atoms with Crippen molar-refractivity contribution in [3.8, 4) is 17.6 Å². The summed E-state index contributed by atoms with van der Waals surface area (Å²) in [7, 11) is 1.47. The Bertz CT molecular complexity index is 1030. The molecule has 2 aromatic rings. The third-order valence-corrected chi connectivity index (χ3v) is 6.50. The average Bonchev–Trinajstić information content (AvgIpc) is 2.74. The fraction of sp³-hybridized carbons (Fsp3) is 0.238. The van der Waals surface area contributed by atoms with E-state index < -0.39 is 0 Å². The van der Waals surface area contributed by atoms with Crippen molar-refractivity contribution in [3.05, 3.63) is 63.7 Å². The number of phenolic OH excluding ortho intramolecular Hbond substituents is 1. The fourth-order valence-electron chi connectivity index (χ4n) is 3.57. The minimum absolute atomic E-state index is 0.0248. The van der Waals surface area contributed by atoms with E-state index in [9.17, 15) is 15.2 Å². The number of thioether (sulfide) groups is 1. The fourth-order valence-corrected chi connectivity index (χ4v) is 4.87. The molecule has 0 radical (unpaired) electrons. The normalized spacial score (nSPS) is 19.1. The van der Waals surface area contributed by atoms with Crippen molar-refractivity contribution < 1.29 is 14.6 Å². The number of halogens is 1. The summed E-state index contributed by atoms with van der Waals surface area (Å²) in [5.41, 5.74) is 2.31. The maximum atomic E-state index is 13.0. The Morgan fingerprint density at radius 2 is 2.03 bits per heavy atom. The standard InChI is InChI=1S/C21H18ClN3O3S/c1-28-19-8-13(2-7-18(19)26)16-9-20(27)25-11-24(12-29-21(25)17(16)10-23)15-5-3-14(22)4-6-15/h2-8,16,26H,9,11-12H2,1H3. The molecule has 8 heteroatoms. The van der Waals surface area contributed by atoms with Crippen LogP contribution in [0.25, 0.3) is 0 Å². The van der Waals surface area contributed by atoms with Crippen LogP contribution in [-0.4, -0.2) is 35.6 Å². The molecule has 0 aliphatic carbocycles. The highest BCUT2D eigenvalue weighted by atomic mass is 35.5. The van der Waals surface area contributed by atoms with Gasteiger partial charge < -0.3 is 14.7 Å². The van der Waals surface area contributed by atoms with Crippen molar-refractivity contribution in [2.24, 2.45) is 0 Å². The predicted molar refractivity (Wildman–Crippen MR) is 113 cm³/mol. The van der Waals surface area contributed by atoms with E-state index in [-0.39, 0.29) is 24.0 Å². The number of hydrogen-bond acceptors (Lipinski definition) is 6. The van der Waals surface area contributed by atoms with Gasteiger partial charge in [0, 0.05) is 23.0 Å². The minimum Gasteiger partial charge on any atom is -0.504 e. The Kier molecular flexibility index (Phi) is 5.31. The summed E-state index contributed by atoms with van der Waals surface area (Å²) < 4.78 is 5.18. The smallest absolute Gasteiger partial charge is 0.229 e. The van der Waals surface area contributed by atoms with Gasteiger partial charge in [-0.05, 0) is 42.0 Å². The SMILES string of the molecule is COc1cc(C2CC(=O)N3CN(c4ccc(Cl)cc4)CSC3=C2C#N)ccc1O. The number of methoxy groups -OCH3 is 1. The van der Waals surface area contributed by atoms with E-state index >= 15 is 0 Å². The van der Waals surface area contributed by atoms with Crippen LogP contribution < -0.4 is 9.64 Å². The molecule has 2 aliphatic heterocycles. The molecule has 29 heavy (non-hydrogen) atoms. The topological polar surface area (TPSA) is 76.8 Å². The largest absolute Gasteiger partial charge is 0.504 e. The van der Waals surface area contributed by atoms with Crippen molar-refractivity contribution >= 4 is 35.0 Å². The highest BCUT2D eigenvalue weighted by molar-refractivity contribution is 8.03. The summed E-state index contributed by atoms with van der Waals surface area (Å²) in [6.45, 7) is 0.388. The first-order chi connectivity index (χ1) is 14.0. The maximum absolute atomic E-state index is 13.0. The number of rotatable bonds is 3. The van der Waals surface area contributed by atoms with E-state index in [0.29, 0.717) is 33.9 Å². The molecule has 1 unspecified atom stereocenters. The Balaban J connectivity index is 1.66. The second-order valence-electron chi connectivity index (χ2n) is 6.77. The van der Waals surface area contributed by atoms with Crippen LogP contribution in [0.15, 0.2) is 53.1 Å². The lowest BCUT2D eigenvalue weighted by atomic mass is 9.86. The quantitative estimate of drug-likeness (QED) is 0.788. The van der Waals surface area contributed by atoms with E-state index in [1.165, 1.54) is 24.9 Å². The summed E-state index contributed by atoms with van der Waals surface area (Å²) in [5, 5.41) is 21.1. The molecule has 2 aromatic carbocycles. The molecule has 1 fully saturated rings. The zero-order chi connectivity index (χ0) is 20.5. The minimum atomic E-state index is -0.358. The number of hydrogen-bond donors (Lipinski definition) is 1. The molecule has 6 nitrogen and oxygen atoms in total. The molecule has 0 saturated carbocycles. The van der Waals surface area contributed by atoms with E-state index in [4.69, 9.17) is 16.3 Å². The highest BCUT2D eigenvalue weighted by Gasteiger charge is 2.38. The number of nitriles is 1. The van der Waals surface area contributed by atoms with E-state index in [2.05, 4.69) is 11.0 Å². The van der Waals surface area contributed by atoms with Crippen molar-refractivity contribution in [2.45, 2.75) is 12.3 Å². The number of benzene rings is 2. The third kappa shape index (κ3) is 3.61. The first kappa shape index (κ1) is 19.5. The van der Waals surface area contributed by atoms with Crippen molar-refractivity contribution in [1.82, 2.24) is 4.90 Å². The average molecular weight is 428 g/mol. The van der Waals surface area contributed by atoms with Gasteiger partial charge in [-0.15, -0.1) is 0 Å². The van der Waals surface area contributed by atoms with E-state index in [1.807, 2.05) is 24.3 Å². The number of nitrogens with zero attached hydrogens (tertiary/aromatic N) is 3. The molecule has 1 N–H and O–H groups in total. The molecule has 4 rings (SSSR count). The van der Waals surface area contributed by atoms with Gasteiger partial charge in [-0.1, -0.05) is 29.4 Å². The molecular formula is C21H18ClN3O3S. The van der Waals surface area contributed by atoms with Crippen LogP contribution in [0.3, 0.4) is 0 Å². The Hall–Kier alpha value is -2.82. The first-order valence-electron chi connectivity index (χ1n) is 8.96. The second-order valence-corrected chi connectivity index (χ2v) is 8.14. The summed E-state index contributed by atoms with van der Waals surface area (Å²) in [6.07, 6.45) is 0.190. The van der Waals surface area contributed by atoms with Gasteiger partial charge in [0.15, 0.2) is 11.5 Å². The number of ether oxygens (including phenoxy) is 1. The number of amides is 1. The number of fused-ring (bicyclic) bond motifs is 1. The lowest BCUT2D eigenvalue weighted by Gasteiger charge is -2.42. The summed E-state index contributed by atoms with van der Waals surface area (Å²) >= 11 is 7.45. The summed E-state index contributed by atoms with van der Waals surface area (Å²) in [4.78, 5) is 16.7. The Labute approximate surface area is 177 Å². The number of anilines is 1. The van der Waals surface area contributed by atoms with Crippen LogP contribution in [-0.2, 0) is 4.79 Å². The molecule has 0 aromatic heterocycles. The third-order valence-electron chi connectivity index (χ3n) is 5.09. The molecule has 148 valence electrons. The van der Waals surface area contributed by atoms with Crippen LogP contribution in [0.1, 0.15) is 17.9 Å². The van der Waals surface area contributed by atoms with Crippen LogP contribution in [0, 0.1) is 11.3 Å². The number of phenols is 1. The molecule has 0 bridgehead atoms. The van der Waals surface area contributed by atoms with Gasteiger partial charge in [0.1, 0.15) is 0 Å². The molecule has 2 aliphatic rings. The molecule has 2 heterocycles. The van der Waals surface area contributed by atoms with Crippen LogP contribution in [0.4, 0.5) is 5.69 Å². The zero-order valence-corrected chi connectivity index (χ0v) is 17.2.